The highest BCUT2D eigenvalue weighted by molar-refractivity contribution is 7.85. The minimum atomic E-state index is -3.54. The number of hydrogen-bond donors (Lipinski definition) is 1. The maximum absolute atomic E-state index is 12.3. The second kappa shape index (κ2) is 6.23. The van der Waals surface area contributed by atoms with Crippen molar-refractivity contribution in [2.75, 3.05) is 44.9 Å². The summed E-state index contributed by atoms with van der Waals surface area (Å²) < 4.78 is 27.2. The number of aromatic hydroxyl groups is 1. The zero-order valence-electron chi connectivity index (χ0n) is 12.8. The van der Waals surface area contributed by atoms with Crippen LogP contribution in [0, 0.1) is 0 Å². The van der Waals surface area contributed by atoms with Crippen molar-refractivity contribution in [2.45, 2.75) is 5.92 Å². The van der Waals surface area contributed by atoms with Gasteiger partial charge in [-0.25, -0.2) is 0 Å². The molecular weight excluding hydrogens is 308 g/mol. The standard InChI is InChI=1S/C14H20N2O5S/c1-15(2)8-14(18)16-7-10(9-21-22(3,19)20)12-5-4-11(17)6-13(12)16/h4-6,10,17H,7-9H2,1-3H3. The van der Waals surface area contributed by atoms with E-state index in [1.54, 1.807) is 30.0 Å². The van der Waals surface area contributed by atoms with E-state index in [0.717, 1.165) is 11.8 Å². The van der Waals surface area contributed by atoms with Crippen LogP contribution in [0.3, 0.4) is 0 Å². The summed E-state index contributed by atoms with van der Waals surface area (Å²) in [5.74, 6) is -0.291. The van der Waals surface area contributed by atoms with Gasteiger partial charge in [0.05, 0.1) is 25.1 Å². The summed E-state index contributed by atoms with van der Waals surface area (Å²) in [7, 11) is 0.0464. The summed E-state index contributed by atoms with van der Waals surface area (Å²) in [4.78, 5) is 15.6. The van der Waals surface area contributed by atoms with E-state index in [4.69, 9.17) is 4.18 Å². The topological polar surface area (TPSA) is 87.2 Å². The van der Waals surface area contributed by atoms with Crippen molar-refractivity contribution >= 4 is 21.7 Å². The molecule has 1 N–H and O–H groups in total. The summed E-state index contributed by atoms with van der Waals surface area (Å²) in [6.07, 6.45) is 0.995. The predicted molar refractivity (Wildman–Crippen MR) is 82.6 cm³/mol. The average molecular weight is 328 g/mol. The number of fused-ring (bicyclic) bond motifs is 1. The predicted octanol–water partition coefficient (Wildman–Crippen LogP) is 0.360. The zero-order valence-corrected chi connectivity index (χ0v) is 13.6. The van der Waals surface area contributed by atoms with Gasteiger partial charge in [0.25, 0.3) is 10.1 Å². The first-order valence-corrected chi connectivity index (χ1v) is 8.61. The highest BCUT2D eigenvalue weighted by Gasteiger charge is 2.33. The molecule has 0 bridgehead atoms. The molecule has 22 heavy (non-hydrogen) atoms. The second-order valence-corrected chi connectivity index (χ2v) is 7.31. The minimum absolute atomic E-state index is 0.0254. The van der Waals surface area contributed by atoms with Crippen LogP contribution < -0.4 is 4.90 Å². The van der Waals surface area contributed by atoms with Crippen molar-refractivity contribution in [1.82, 2.24) is 4.90 Å². The van der Waals surface area contributed by atoms with Gasteiger partial charge >= 0.3 is 0 Å². The van der Waals surface area contributed by atoms with E-state index in [1.807, 2.05) is 0 Å². The fourth-order valence-electron chi connectivity index (χ4n) is 2.47. The van der Waals surface area contributed by atoms with E-state index in [2.05, 4.69) is 0 Å². The number of carbonyl (C=O) groups is 1. The van der Waals surface area contributed by atoms with Crippen molar-refractivity contribution in [3.05, 3.63) is 23.8 Å². The van der Waals surface area contributed by atoms with Crippen molar-refractivity contribution in [3.63, 3.8) is 0 Å². The molecule has 0 aromatic heterocycles. The van der Waals surface area contributed by atoms with Crippen molar-refractivity contribution < 1.29 is 22.5 Å². The number of rotatable bonds is 5. The van der Waals surface area contributed by atoms with Gasteiger partial charge in [-0.2, -0.15) is 8.42 Å². The van der Waals surface area contributed by atoms with Gasteiger partial charge in [0.15, 0.2) is 0 Å². The van der Waals surface area contributed by atoms with E-state index in [0.29, 0.717) is 12.2 Å². The van der Waals surface area contributed by atoms with Crippen LogP contribution >= 0.6 is 0 Å². The lowest BCUT2D eigenvalue weighted by molar-refractivity contribution is -0.119. The average Bonchev–Trinajstić information content (AvgIpc) is 2.72. The number of carbonyl (C=O) groups excluding carboxylic acids is 1. The van der Waals surface area contributed by atoms with Crippen LogP contribution in [0.25, 0.3) is 0 Å². The van der Waals surface area contributed by atoms with Gasteiger partial charge in [0, 0.05) is 18.5 Å². The lowest BCUT2D eigenvalue weighted by atomic mass is 10.0. The first kappa shape index (κ1) is 16.7. The van der Waals surface area contributed by atoms with Gasteiger partial charge in [0.2, 0.25) is 5.91 Å². The maximum atomic E-state index is 12.3. The molecule has 1 unspecified atom stereocenters. The molecule has 1 heterocycles. The molecule has 1 aromatic carbocycles. The highest BCUT2D eigenvalue weighted by atomic mass is 32.2. The largest absolute Gasteiger partial charge is 0.508 e. The lowest BCUT2D eigenvalue weighted by Crippen LogP contribution is -2.37. The summed E-state index contributed by atoms with van der Waals surface area (Å²) in [6.45, 7) is 0.540. The summed E-state index contributed by atoms with van der Waals surface area (Å²) in [5.41, 5.74) is 1.41. The van der Waals surface area contributed by atoms with Gasteiger partial charge in [-0.05, 0) is 25.7 Å². The molecule has 1 aliphatic rings. The van der Waals surface area contributed by atoms with Crippen molar-refractivity contribution in [3.8, 4) is 5.75 Å². The lowest BCUT2D eigenvalue weighted by Gasteiger charge is -2.20. The minimum Gasteiger partial charge on any atom is -0.508 e. The number of likely N-dealkylation sites (N-methyl/N-ethyl adjacent to an activating group) is 1. The fraction of sp³-hybridized carbons (Fsp3) is 0.500. The zero-order chi connectivity index (χ0) is 16.5. The molecule has 1 aromatic rings. The van der Waals surface area contributed by atoms with Crippen molar-refractivity contribution in [1.29, 1.82) is 0 Å². The van der Waals surface area contributed by atoms with Crippen molar-refractivity contribution in [2.24, 2.45) is 0 Å². The first-order chi connectivity index (χ1) is 10.2. The molecule has 1 aliphatic heterocycles. The Balaban J connectivity index is 2.26. The van der Waals surface area contributed by atoms with E-state index < -0.39 is 10.1 Å². The number of nitrogens with zero attached hydrogens (tertiary/aromatic N) is 2. The van der Waals surface area contributed by atoms with Gasteiger partial charge < -0.3 is 14.9 Å². The van der Waals surface area contributed by atoms with Gasteiger partial charge in [0.1, 0.15) is 5.75 Å². The normalized spacial score (nSPS) is 17.8. The molecule has 0 saturated heterocycles. The Hall–Kier alpha value is -1.64. The smallest absolute Gasteiger partial charge is 0.264 e. The summed E-state index contributed by atoms with van der Waals surface area (Å²) in [6, 6.07) is 4.74. The quantitative estimate of drug-likeness (QED) is 0.785. The molecule has 0 aliphatic carbocycles. The Kier molecular flexibility index (Phi) is 4.74. The number of phenols is 1. The van der Waals surface area contributed by atoms with E-state index in [-0.39, 0.29) is 30.7 Å². The fourth-order valence-corrected chi connectivity index (χ4v) is 2.88. The first-order valence-electron chi connectivity index (χ1n) is 6.80. The Morgan fingerprint density at radius 1 is 1.45 bits per heavy atom. The molecule has 2 rings (SSSR count). The SMILES string of the molecule is CN(C)CC(=O)N1CC(COS(C)(=O)=O)c2ccc(O)cc21. The molecule has 0 radical (unpaired) electrons. The van der Waals surface area contributed by atoms with E-state index in [9.17, 15) is 18.3 Å². The molecule has 1 atom stereocenters. The van der Waals surface area contributed by atoms with Crippen LogP contribution in [0.1, 0.15) is 11.5 Å². The molecule has 1 amide bonds. The third-order valence-electron chi connectivity index (χ3n) is 3.38. The number of amides is 1. The number of benzene rings is 1. The molecule has 8 heteroatoms. The van der Waals surface area contributed by atoms with Crippen LogP contribution in [-0.4, -0.2) is 64.4 Å². The van der Waals surface area contributed by atoms with E-state index >= 15 is 0 Å². The molecule has 0 spiro atoms. The van der Waals surface area contributed by atoms with E-state index in [1.165, 1.54) is 12.1 Å². The molecule has 122 valence electrons. The Morgan fingerprint density at radius 3 is 2.73 bits per heavy atom. The summed E-state index contributed by atoms with van der Waals surface area (Å²) in [5, 5.41) is 9.65. The van der Waals surface area contributed by atoms with Crippen LogP contribution in [0.15, 0.2) is 18.2 Å². The maximum Gasteiger partial charge on any atom is 0.264 e. The molecule has 0 saturated carbocycles. The van der Waals surface area contributed by atoms with Crippen LogP contribution in [0.2, 0.25) is 0 Å². The number of anilines is 1. The molecular formula is C14H20N2O5S. The third kappa shape index (κ3) is 3.96. The monoisotopic (exact) mass is 328 g/mol. The van der Waals surface area contributed by atoms with Gasteiger partial charge in [-0.1, -0.05) is 6.07 Å². The Bertz CT molecular complexity index is 672. The Morgan fingerprint density at radius 2 is 2.14 bits per heavy atom. The molecule has 0 fully saturated rings. The molecule has 7 nitrogen and oxygen atoms in total. The second-order valence-electron chi connectivity index (χ2n) is 5.67. The number of hydrogen-bond acceptors (Lipinski definition) is 6. The summed E-state index contributed by atoms with van der Waals surface area (Å²) >= 11 is 0. The van der Waals surface area contributed by atoms with Crippen LogP contribution in [-0.2, 0) is 19.1 Å². The number of phenolic OH excluding ortho intramolecular Hbond substituents is 1. The van der Waals surface area contributed by atoms with Crippen LogP contribution in [0.5, 0.6) is 5.75 Å². The third-order valence-corrected chi connectivity index (χ3v) is 3.95. The van der Waals surface area contributed by atoms with Gasteiger partial charge in [-0.3, -0.25) is 8.98 Å². The highest BCUT2D eigenvalue weighted by Crippen LogP contribution is 2.38. The van der Waals surface area contributed by atoms with Gasteiger partial charge in [-0.15, -0.1) is 0 Å². The van der Waals surface area contributed by atoms with Crippen LogP contribution in [0.4, 0.5) is 5.69 Å². The Labute approximate surface area is 130 Å².